The van der Waals surface area contributed by atoms with Gasteiger partial charge >= 0.3 is 0 Å². The highest BCUT2D eigenvalue weighted by Gasteiger charge is 2.26. The Morgan fingerprint density at radius 3 is 1.45 bits per heavy atom. The topological polar surface area (TPSA) is 0 Å². The zero-order chi connectivity index (χ0) is 29.0. The summed E-state index contributed by atoms with van der Waals surface area (Å²) in [5, 5.41) is 10.6. The van der Waals surface area contributed by atoms with E-state index in [9.17, 15) is 0 Å². The van der Waals surface area contributed by atoms with E-state index >= 15 is 0 Å². The first-order valence-corrected chi connectivity index (χ1v) is 16.5. The Morgan fingerprint density at radius 1 is 0.477 bits per heavy atom. The molecule has 0 aliphatic heterocycles. The summed E-state index contributed by atoms with van der Waals surface area (Å²) in [6.45, 7) is 0. The summed E-state index contributed by atoms with van der Waals surface area (Å²) in [4.78, 5) is 0. The van der Waals surface area contributed by atoms with Gasteiger partial charge in [0.1, 0.15) is 0 Å². The highest BCUT2D eigenvalue weighted by Crippen LogP contribution is 2.48. The Kier molecular flexibility index (Phi) is 6.15. The minimum atomic E-state index is 0.827. The molecule has 2 aliphatic carbocycles. The van der Waals surface area contributed by atoms with Gasteiger partial charge in [0.25, 0.3) is 0 Å². The fourth-order valence-corrected chi connectivity index (χ4v) is 8.46. The predicted molar refractivity (Wildman–Crippen MR) is 190 cm³/mol. The van der Waals surface area contributed by atoms with Gasteiger partial charge in [0.2, 0.25) is 0 Å². The molecule has 2 aliphatic rings. The van der Waals surface area contributed by atoms with E-state index in [1.165, 1.54) is 115 Å². The van der Waals surface area contributed by atoms with Gasteiger partial charge in [-0.15, -0.1) is 0 Å². The van der Waals surface area contributed by atoms with Crippen LogP contribution in [0.25, 0.3) is 71.4 Å². The smallest absolute Gasteiger partial charge is 0.00207 e. The molecule has 0 heteroatoms. The molecule has 0 saturated heterocycles. The van der Waals surface area contributed by atoms with Crippen LogP contribution in [0.4, 0.5) is 0 Å². The van der Waals surface area contributed by atoms with Gasteiger partial charge in [0.05, 0.1) is 0 Å². The monoisotopic (exact) mass is 564 g/mol. The molecule has 0 atom stereocenters. The summed E-state index contributed by atoms with van der Waals surface area (Å²) < 4.78 is 0. The number of hydrogen-bond acceptors (Lipinski definition) is 0. The summed E-state index contributed by atoms with van der Waals surface area (Å²) in [7, 11) is 0. The molecule has 0 nitrogen and oxygen atoms in total. The summed E-state index contributed by atoms with van der Waals surface area (Å²) in [5.41, 5.74) is 10.1. The average molecular weight is 565 g/mol. The molecule has 0 aromatic heterocycles. The van der Waals surface area contributed by atoms with Crippen molar-refractivity contribution < 1.29 is 0 Å². The van der Waals surface area contributed by atoms with E-state index < -0.39 is 0 Å². The van der Waals surface area contributed by atoms with E-state index in [-0.39, 0.29) is 0 Å². The summed E-state index contributed by atoms with van der Waals surface area (Å²) in [6, 6.07) is 45.4. The molecule has 7 aromatic carbocycles. The molecule has 7 aromatic rings. The van der Waals surface area contributed by atoms with Crippen molar-refractivity contribution in [2.24, 2.45) is 5.92 Å². The molecule has 0 amide bonds. The fraction of sp³-hybridized carbons (Fsp3) is 0.182. The maximum Gasteiger partial charge on any atom is -0.00207 e. The van der Waals surface area contributed by atoms with Gasteiger partial charge in [-0.25, -0.2) is 0 Å². The Bertz CT molecular complexity index is 2150. The number of fused-ring (bicyclic) bond motifs is 5. The largest absolute Gasteiger partial charge is 0.0649 e. The molecular formula is C44H36. The van der Waals surface area contributed by atoms with Gasteiger partial charge in [-0.05, 0) is 107 Å². The van der Waals surface area contributed by atoms with Crippen molar-refractivity contribution in [3.05, 3.63) is 138 Å². The lowest BCUT2D eigenvalue weighted by Crippen LogP contribution is -2.07. The predicted octanol–water partition coefficient (Wildman–Crippen LogP) is 12.5. The Hall–Kier alpha value is -4.68. The lowest BCUT2D eigenvalue weighted by Gasteiger charge is -2.22. The first kappa shape index (κ1) is 25.8. The van der Waals surface area contributed by atoms with Crippen LogP contribution in [0.3, 0.4) is 0 Å². The van der Waals surface area contributed by atoms with Crippen LogP contribution in [0, 0.1) is 5.92 Å². The molecule has 1 saturated carbocycles. The molecule has 212 valence electrons. The van der Waals surface area contributed by atoms with Gasteiger partial charge in [0, 0.05) is 0 Å². The maximum atomic E-state index is 2.60. The number of benzene rings is 7. The Labute approximate surface area is 259 Å². The van der Waals surface area contributed by atoms with Crippen LogP contribution in [0.2, 0.25) is 0 Å². The van der Waals surface area contributed by atoms with E-state index in [0.717, 1.165) is 12.3 Å². The highest BCUT2D eigenvalue weighted by atomic mass is 14.3. The molecule has 0 N–H and O–H groups in total. The van der Waals surface area contributed by atoms with Crippen LogP contribution in [0.15, 0.2) is 127 Å². The Balaban J connectivity index is 1.33. The van der Waals surface area contributed by atoms with Crippen LogP contribution >= 0.6 is 0 Å². The van der Waals surface area contributed by atoms with Crippen LogP contribution in [-0.2, 0) is 6.42 Å². The molecule has 0 bridgehead atoms. The molecule has 0 unspecified atom stereocenters. The third-order valence-electron chi connectivity index (χ3n) is 10.5. The molecular weight excluding hydrogens is 528 g/mol. The lowest BCUT2D eigenvalue weighted by molar-refractivity contribution is 0.355. The second kappa shape index (κ2) is 10.5. The van der Waals surface area contributed by atoms with Gasteiger partial charge in [-0.3, -0.25) is 0 Å². The molecule has 0 radical (unpaired) electrons. The van der Waals surface area contributed by atoms with Gasteiger partial charge in [-0.2, -0.15) is 0 Å². The standard InChI is InChI=1S/C44H36/c1-2-12-29(13-3-1)24-30-25-41-39(43-35-18-8-4-14-31(35)27-32-15-5-9-19-36(32)43)22-23-40(42(41)26-30)44-37-20-10-6-16-33(37)28-34-17-7-11-21-38(34)44/h4-11,14-23,25,27-29H,1-3,12-13,24,26H2. The molecule has 0 heterocycles. The Morgan fingerprint density at radius 2 is 0.932 bits per heavy atom. The quantitative estimate of drug-likeness (QED) is 0.187. The SMILES string of the molecule is C1=C(CC2CCCCC2)Cc2c(-c3c4ccccc4cc4ccccc34)ccc(-c3c4ccccc4cc4ccccc34)c21. The zero-order valence-electron chi connectivity index (χ0n) is 25.2. The summed E-state index contributed by atoms with van der Waals surface area (Å²) in [5.74, 6) is 0.827. The third kappa shape index (κ3) is 4.20. The fourth-order valence-electron chi connectivity index (χ4n) is 8.46. The average Bonchev–Trinajstić information content (AvgIpc) is 3.50. The van der Waals surface area contributed by atoms with Crippen molar-refractivity contribution in [2.75, 3.05) is 0 Å². The third-order valence-corrected chi connectivity index (χ3v) is 10.5. The summed E-state index contributed by atoms with van der Waals surface area (Å²) >= 11 is 0. The van der Waals surface area contributed by atoms with E-state index in [1.54, 1.807) is 5.57 Å². The van der Waals surface area contributed by atoms with Crippen molar-refractivity contribution >= 4 is 49.2 Å². The molecule has 1 fully saturated rings. The van der Waals surface area contributed by atoms with Gasteiger partial charge in [0.15, 0.2) is 0 Å². The normalized spacial score (nSPS) is 15.3. The molecule has 9 rings (SSSR count). The van der Waals surface area contributed by atoms with E-state index in [0.29, 0.717) is 0 Å². The maximum absolute atomic E-state index is 2.60. The van der Waals surface area contributed by atoms with Crippen molar-refractivity contribution in [3.8, 4) is 22.3 Å². The van der Waals surface area contributed by atoms with E-state index in [2.05, 4.69) is 127 Å². The molecule has 44 heavy (non-hydrogen) atoms. The minimum absolute atomic E-state index is 0.827. The number of rotatable bonds is 4. The zero-order valence-corrected chi connectivity index (χ0v) is 25.2. The lowest BCUT2D eigenvalue weighted by atomic mass is 9.83. The summed E-state index contributed by atoms with van der Waals surface area (Å²) in [6.07, 6.45) is 11.9. The van der Waals surface area contributed by atoms with Crippen molar-refractivity contribution in [3.63, 3.8) is 0 Å². The van der Waals surface area contributed by atoms with Gasteiger partial charge in [-0.1, -0.05) is 153 Å². The van der Waals surface area contributed by atoms with Crippen LogP contribution in [-0.4, -0.2) is 0 Å². The second-order valence-corrected chi connectivity index (χ2v) is 13.1. The number of allylic oxidation sites excluding steroid dienone is 1. The molecule has 0 spiro atoms. The van der Waals surface area contributed by atoms with Crippen LogP contribution < -0.4 is 0 Å². The highest BCUT2D eigenvalue weighted by molar-refractivity contribution is 6.16. The van der Waals surface area contributed by atoms with Crippen molar-refractivity contribution in [1.29, 1.82) is 0 Å². The van der Waals surface area contributed by atoms with E-state index in [4.69, 9.17) is 0 Å². The van der Waals surface area contributed by atoms with Crippen LogP contribution in [0.1, 0.15) is 49.7 Å². The minimum Gasteiger partial charge on any atom is -0.0649 e. The van der Waals surface area contributed by atoms with Gasteiger partial charge < -0.3 is 0 Å². The second-order valence-electron chi connectivity index (χ2n) is 13.1. The van der Waals surface area contributed by atoms with Crippen molar-refractivity contribution in [1.82, 2.24) is 0 Å². The van der Waals surface area contributed by atoms with Crippen molar-refractivity contribution in [2.45, 2.75) is 44.9 Å². The first-order valence-electron chi connectivity index (χ1n) is 16.5. The number of hydrogen-bond donors (Lipinski definition) is 0. The van der Waals surface area contributed by atoms with E-state index in [1.807, 2.05) is 0 Å². The van der Waals surface area contributed by atoms with Crippen LogP contribution in [0.5, 0.6) is 0 Å². The first-order chi connectivity index (χ1) is 21.8.